The molecule has 0 aromatic heterocycles. The highest BCUT2D eigenvalue weighted by Crippen LogP contribution is 2.31. The minimum absolute atomic E-state index is 0.510. The standard InChI is InChI=1S/C6H11ClO2/c7-6(9)4-2-1-3-5(6)8/h5,8-9H,1-4H2. The van der Waals surface area contributed by atoms with E-state index in [9.17, 15) is 0 Å². The average Bonchev–Trinajstić information content (AvgIpc) is 1.77. The largest absolute Gasteiger partial charge is 0.389 e. The van der Waals surface area contributed by atoms with E-state index in [1.807, 2.05) is 0 Å². The van der Waals surface area contributed by atoms with E-state index in [1.54, 1.807) is 0 Å². The van der Waals surface area contributed by atoms with Crippen molar-refractivity contribution in [1.82, 2.24) is 0 Å². The van der Waals surface area contributed by atoms with Gasteiger partial charge >= 0.3 is 0 Å². The molecule has 1 saturated carbocycles. The van der Waals surface area contributed by atoms with Gasteiger partial charge in [-0.15, -0.1) is 0 Å². The first-order valence-corrected chi connectivity index (χ1v) is 3.60. The molecule has 9 heavy (non-hydrogen) atoms. The predicted octanol–water partition coefficient (Wildman–Crippen LogP) is 0.849. The van der Waals surface area contributed by atoms with Crippen LogP contribution in [0, 0.1) is 0 Å². The summed E-state index contributed by atoms with van der Waals surface area (Å²) < 4.78 is 0. The molecule has 2 unspecified atom stereocenters. The molecule has 2 atom stereocenters. The molecule has 1 aliphatic rings. The maximum Gasteiger partial charge on any atom is 0.164 e. The number of halogens is 1. The molecule has 0 saturated heterocycles. The molecule has 0 aromatic rings. The van der Waals surface area contributed by atoms with Crippen molar-refractivity contribution in [3.05, 3.63) is 0 Å². The van der Waals surface area contributed by atoms with Crippen molar-refractivity contribution in [3.63, 3.8) is 0 Å². The van der Waals surface area contributed by atoms with Gasteiger partial charge in [-0.2, -0.15) is 0 Å². The van der Waals surface area contributed by atoms with Crippen LogP contribution in [0.1, 0.15) is 25.7 Å². The highest BCUT2D eigenvalue weighted by atomic mass is 35.5. The van der Waals surface area contributed by atoms with Crippen LogP contribution >= 0.6 is 11.6 Å². The van der Waals surface area contributed by atoms with Gasteiger partial charge < -0.3 is 10.2 Å². The number of alkyl halides is 1. The third-order valence-corrected chi connectivity index (χ3v) is 2.21. The normalized spacial score (nSPS) is 45.0. The van der Waals surface area contributed by atoms with Crippen molar-refractivity contribution in [2.75, 3.05) is 0 Å². The molecule has 1 fully saturated rings. The van der Waals surface area contributed by atoms with Crippen LogP contribution in [-0.4, -0.2) is 21.4 Å². The van der Waals surface area contributed by atoms with Crippen molar-refractivity contribution in [1.29, 1.82) is 0 Å². The Morgan fingerprint density at radius 1 is 1.44 bits per heavy atom. The summed E-state index contributed by atoms with van der Waals surface area (Å²) in [5.41, 5.74) is 0. The Kier molecular flexibility index (Phi) is 1.99. The van der Waals surface area contributed by atoms with Crippen LogP contribution in [0.2, 0.25) is 0 Å². The first kappa shape index (κ1) is 7.32. The van der Waals surface area contributed by atoms with Gasteiger partial charge in [0.25, 0.3) is 0 Å². The molecule has 1 aliphatic carbocycles. The molecule has 2 nitrogen and oxygen atoms in total. The van der Waals surface area contributed by atoms with E-state index in [4.69, 9.17) is 21.8 Å². The van der Waals surface area contributed by atoms with Crippen molar-refractivity contribution >= 4 is 11.6 Å². The van der Waals surface area contributed by atoms with Gasteiger partial charge in [0.1, 0.15) is 0 Å². The highest BCUT2D eigenvalue weighted by Gasteiger charge is 2.35. The number of aliphatic hydroxyl groups is 2. The zero-order chi connectivity index (χ0) is 6.91. The van der Waals surface area contributed by atoms with Crippen molar-refractivity contribution in [2.45, 2.75) is 36.8 Å². The molecular formula is C6H11ClO2. The highest BCUT2D eigenvalue weighted by molar-refractivity contribution is 6.23. The minimum atomic E-state index is -1.34. The topological polar surface area (TPSA) is 40.5 Å². The van der Waals surface area contributed by atoms with Gasteiger partial charge in [0, 0.05) is 0 Å². The van der Waals surface area contributed by atoms with E-state index < -0.39 is 11.2 Å². The average molecular weight is 151 g/mol. The quantitative estimate of drug-likeness (QED) is 0.503. The molecular weight excluding hydrogens is 140 g/mol. The lowest BCUT2D eigenvalue weighted by Gasteiger charge is -2.30. The molecule has 0 heterocycles. The van der Waals surface area contributed by atoms with E-state index >= 15 is 0 Å². The summed E-state index contributed by atoms with van der Waals surface area (Å²) in [6, 6.07) is 0. The van der Waals surface area contributed by atoms with Gasteiger partial charge in [-0.3, -0.25) is 0 Å². The van der Waals surface area contributed by atoms with Crippen LogP contribution in [0.4, 0.5) is 0 Å². The second-order valence-electron chi connectivity index (χ2n) is 2.58. The summed E-state index contributed by atoms with van der Waals surface area (Å²) in [7, 11) is 0. The molecule has 0 bridgehead atoms. The fourth-order valence-corrected chi connectivity index (χ4v) is 1.34. The zero-order valence-corrected chi connectivity index (χ0v) is 5.93. The second kappa shape index (κ2) is 2.45. The summed E-state index contributed by atoms with van der Waals surface area (Å²) >= 11 is 5.53. The number of rotatable bonds is 0. The van der Waals surface area contributed by atoms with Crippen LogP contribution in [0.25, 0.3) is 0 Å². The van der Waals surface area contributed by atoms with Gasteiger partial charge in [-0.25, -0.2) is 0 Å². The molecule has 0 amide bonds. The van der Waals surface area contributed by atoms with Gasteiger partial charge in [-0.05, 0) is 19.3 Å². The number of hydrogen-bond donors (Lipinski definition) is 2. The first-order chi connectivity index (χ1) is 4.13. The maximum absolute atomic E-state index is 9.16. The van der Waals surface area contributed by atoms with E-state index in [-0.39, 0.29) is 0 Å². The number of hydrogen-bond acceptors (Lipinski definition) is 2. The van der Waals surface area contributed by atoms with Gasteiger partial charge in [-0.1, -0.05) is 18.0 Å². The lowest BCUT2D eigenvalue weighted by Crippen LogP contribution is -2.39. The zero-order valence-electron chi connectivity index (χ0n) is 5.18. The van der Waals surface area contributed by atoms with Crippen molar-refractivity contribution in [3.8, 4) is 0 Å². The van der Waals surface area contributed by atoms with Crippen LogP contribution in [0.5, 0.6) is 0 Å². The van der Waals surface area contributed by atoms with Gasteiger partial charge in [0.15, 0.2) is 5.06 Å². The fraction of sp³-hybridized carbons (Fsp3) is 1.00. The monoisotopic (exact) mass is 150 g/mol. The van der Waals surface area contributed by atoms with Gasteiger partial charge in [0.05, 0.1) is 6.10 Å². The summed E-state index contributed by atoms with van der Waals surface area (Å²) in [4.78, 5) is 0. The minimum Gasteiger partial charge on any atom is -0.389 e. The van der Waals surface area contributed by atoms with E-state index in [1.165, 1.54) is 0 Å². The predicted molar refractivity (Wildman–Crippen MR) is 35.3 cm³/mol. The van der Waals surface area contributed by atoms with E-state index in [0.717, 1.165) is 12.8 Å². The number of aliphatic hydroxyl groups excluding tert-OH is 1. The Morgan fingerprint density at radius 3 is 2.44 bits per heavy atom. The van der Waals surface area contributed by atoms with Crippen molar-refractivity contribution in [2.24, 2.45) is 0 Å². The van der Waals surface area contributed by atoms with Gasteiger partial charge in [0.2, 0.25) is 0 Å². The van der Waals surface area contributed by atoms with E-state index in [0.29, 0.717) is 12.8 Å². The molecule has 3 heteroatoms. The third kappa shape index (κ3) is 1.57. The molecule has 1 rings (SSSR count). The van der Waals surface area contributed by atoms with Crippen LogP contribution in [0.3, 0.4) is 0 Å². The lowest BCUT2D eigenvalue weighted by atomic mass is 9.94. The molecule has 0 radical (unpaired) electrons. The lowest BCUT2D eigenvalue weighted by molar-refractivity contribution is -0.0401. The Labute approximate surface area is 59.4 Å². The molecule has 2 N–H and O–H groups in total. The van der Waals surface area contributed by atoms with Crippen LogP contribution < -0.4 is 0 Å². The Balaban J connectivity index is 2.49. The molecule has 54 valence electrons. The van der Waals surface area contributed by atoms with Crippen LogP contribution in [0.15, 0.2) is 0 Å². The maximum atomic E-state index is 9.16. The third-order valence-electron chi connectivity index (χ3n) is 1.77. The second-order valence-corrected chi connectivity index (χ2v) is 3.23. The fourth-order valence-electron chi connectivity index (χ4n) is 1.10. The SMILES string of the molecule is OC1CCCCC1(O)Cl. The molecule has 0 aliphatic heterocycles. The Morgan fingerprint density at radius 2 is 2.11 bits per heavy atom. The molecule has 0 aromatic carbocycles. The summed E-state index contributed by atoms with van der Waals surface area (Å²) in [6.45, 7) is 0. The first-order valence-electron chi connectivity index (χ1n) is 3.22. The molecule has 0 spiro atoms. The summed E-state index contributed by atoms with van der Waals surface area (Å²) in [5, 5.41) is 16.9. The smallest absolute Gasteiger partial charge is 0.164 e. The van der Waals surface area contributed by atoms with E-state index in [2.05, 4.69) is 0 Å². The Bertz CT molecular complexity index is 103. The van der Waals surface area contributed by atoms with Crippen LogP contribution in [-0.2, 0) is 0 Å². The Hall–Kier alpha value is 0.210. The van der Waals surface area contributed by atoms with Crippen molar-refractivity contribution < 1.29 is 10.2 Å². The summed E-state index contributed by atoms with van der Waals surface area (Å²) in [6.07, 6.45) is 2.29. The summed E-state index contributed by atoms with van der Waals surface area (Å²) in [5.74, 6) is 0.